The molecular weight excluding hydrogens is 319 g/mol. The summed E-state index contributed by atoms with van der Waals surface area (Å²) in [5.41, 5.74) is 2.74. The van der Waals surface area contributed by atoms with Gasteiger partial charge in [0.2, 0.25) is 0 Å². The third-order valence-corrected chi connectivity index (χ3v) is 3.75. The molecule has 1 N–H and O–H groups in total. The molecule has 1 aromatic heterocycles. The van der Waals surface area contributed by atoms with Crippen molar-refractivity contribution in [3.8, 4) is 6.07 Å². The van der Waals surface area contributed by atoms with Crippen molar-refractivity contribution in [2.24, 2.45) is 0 Å². The Morgan fingerprint density at radius 2 is 2.04 bits per heavy atom. The van der Waals surface area contributed by atoms with Crippen LogP contribution in [0.1, 0.15) is 27.2 Å². The van der Waals surface area contributed by atoms with Crippen LogP contribution in [0.5, 0.6) is 0 Å². The topological polar surface area (TPSA) is 70.7 Å². The van der Waals surface area contributed by atoms with Crippen LogP contribution in [-0.4, -0.2) is 15.5 Å². The minimum absolute atomic E-state index is 0.276. The predicted molar refractivity (Wildman–Crippen MR) is 90.1 cm³/mol. The molecule has 0 saturated carbocycles. The highest BCUT2D eigenvalue weighted by Gasteiger charge is 2.08. The van der Waals surface area contributed by atoms with Gasteiger partial charge in [-0.1, -0.05) is 18.2 Å². The average Bonchev–Trinajstić information content (AvgIpc) is 3.07. The summed E-state index contributed by atoms with van der Waals surface area (Å²) in [6.45, 7) is 0.864. The molecule has 0 fully saturated rings. The second kappa shape index (κ2) is 7.41. The number of aromatic nitrogens is 2. The predicted octanol–water partition coefficient (Wildman–Crippen LogP) is 2.87. The molecule has 6 heteroatoms. The van der Waals surface area contributed by atoms with Crippen LogP contribution in [0, 0.1) is 17.1 Å². The summed E-state index contributed by atoms with van der Waals surface area (Å²) in [4.78, 5) is 16.2. The fourth-order valence-electron chi connectivity index (χ4n) is 2.42. The van der Waals surface area contributed by atoms with E-state index in [1.165, 1.54) is 18.2 Å². The number of hydrogen-bond donors (Lipinski definition) is 1. The van der Waals surface area contributed by atoms with E-state index in [4.69, 9.17) is 5.26 Å². The van der Waals surface area contributed by atoms with E-state index in [0.29, 0.717) is 12.1 Å². The van der Waals surface area contributed by atoms with Gasteiger partial charge in [-0.25, -0.2) is 9.37 Å². The first-order chi connectivity index (χ1) is 12.2. The summed E-state index contributed by atoms with van der Waals surface area (Å²) in [5, 5.41) is 11.6. The van der Waals surface area contributed by atoms with E-state index in [2.05, 4.69) is 16.4 Å². The summed E-state index contributed by atoms with van der Waals surface area (Å²) < 4.78 is 15.1. The first-order valence-corrected chi connectivity index (χ1v) is 7.67. The molecule has 0 spiro atoms. The van der Waals surface area contributed by atoms with Crippen molar-refractivity contribution in [2.45, 2.75) is 13.1 Å². The van der Waals surface area contributed by atoms with Crippen LogP contribution in [0.2, 0.25) is 0 Å². The van der Waals surface area contributed by atoms with E-state index in [-0.39, 0.29) is 18.0 Å². The number of amides is 1. The number of carbonyl (C=O) groups excluding carboxylic acids is 1. The lowest BCUT2D eigenvalue weighted by Gasteiger charge is -2.10. The van der Waals surface area contributed by atoms with Gasteiger partial charge in [-0.3, -0.25) is 4.79 Å². The normalized spacial score (nSPS) is 10.2. The van der Waals surface area contributed by atoms with Crippen molar-refractivity contribution in [1.29, 1.82) is 5.26 Å². The van der Waals surface area contributed by atoms with Crippen molar-refractivity contribution in [3.05, 3.63) is 89.3 Å². The van der Waals surface area contributed by atoms with Crippen LogP contribution in [-0.2, 0) is 13.1 Å². The van der Waals surface area contributed by atoms with Gasteiger partial charge in [0.05, 0.1) is 30.2 Å². The number of nitriles is 1. The quantitative estimate of drug-likeness (QED) is 0.780. The number of rotatable bonds is 5. The van der Waals surface area contributed by atoms with Crippen molar-refractivity contribution >= 4 is 5.91 Å². The average molecular weight is 334 g/mol. The zero-order valence-electron chi connectivity index (χ0n) is 13.3. The van der Waals surface area contributed by atoms with E-state index in [0.717, 1.165) is 11.3 Å². The van der Waals surface area contributed by atoms with Gasteiger partial charge in [0, 0.05) is 18.3 Å². The number of halogens is 1. The van der Waals surface area contributed by atoms with Crippen LogP contribution in [0.15, 0.2) is 61.1 Å². The lowest BCUT2D eigenvalue weighted by molar-refractivity contribution is 0.0949. The molecule has 0 unspecified atom stereocenters. The Hall–Kier alpha value is -3.46. The summed E-state index contributed by atoms with van der Waals surface area (Å²) >= 11 is 0. The van der Waals surface area contributed by atoms with Crippen LogP contribution < -0.4 is 5.32 Å². The number of hydrogen-bond acceptors (Lipinski definition) is 3. The Morgan fingerprint density at radius 3 is 2.76 bits per heavy atom. The Labute approximate surface area is 144 Å². The Balaban J connectivity index is 1.65. The van der Waals surface area contributed by atoms with Crippen molar-refractivity contribution in [1.82, 2.24) is 14.9 Å². The number of nitrogens with zero attached hydrogens (tertiary/aromatic N) is 3. The molecule has 2 aromatic carbocycles. The van der Waals surface area contributed by atoms with Gasteiger partial charge >= 0.3 is 0 Å². The summed E-state index contributed by atoms with van der Waals surface area (Å²) in [6.07, 6.45) is 3.36. The maximum absolute atomic E-state index is 13.2. The van der Waals surface area contributed by atoms with Crippen LogP contribution >= 0.6 is 0 Å². The molecule has 124 valence electrons. The van der Waals surface area contributed by atoms with E-state index >= 15 is 0 Å². The number of nitrogens with one attached hydrogen (secondary N) is 1. The molecular formula is C19H15FN4O. The van der Waals surface area contributed by atoms with E-state index in [9.17, 15) is 9.18 Å². The lowest BCUT2D eigenvalue weighted by Crippen LogP contribution is -2.24. The van der Waals surface area contributed by atoms with Gasteiger partial charge in [-0.15, -0.1) is 0 Å². The van der Waals surface area contributed by atoms with Crippen LogP contribution in [0.3, 0.4) is 0 Å². The Bertz CT molecular complexity index is 925. The van der Waals surface area contributed by atoms with Gasteiger partial charge in [0.25, 0.3) is 5.91 Å². The third-order valence-electron chi connectivity index (χ3n) is 3.75. The SMILES string of the molecule is N#Cc1ccc(Cn2cncc2CNC(=O)c2cccc(F)c2)cc1. The molecule has 0 atom stereocenters. The Morgan fingerprint density at radius 1 is 1.24 bits per heavy atom. The zero-order chi connectivity index (χ0) is 17.6. The summed E-state index contributed by atoms with van der Waals surface area (Å²) in [6, 6.07) is 14.9. The third kappa shape index (κ3) is 4.09. The molecule has 0 bridgehead atoms. The molecule has 0 aliphatic carbocycles. The molecule has 3 aromatic rings. The monoisotopic (exact) mass is 334 g/mol. The number of benzene rings is 2. The standard InChI is InChI=1S/C19H15FN4O/c20-17-3-1-2-16(8-17)19(25)23-11-18-10-22-13-24(18)12-15-6-4-14(9-21)5-7-15/h1-8,10,13H,11-12H2,(H,23,25). The minimum Gasteiger partial charge on any atom is -0.346 e. The highest BCUT2D eigenvalue weighted by atomic mass is 19.1. The molecule has 3 rings (SSSR count). The van der Waals surface area contributed by atoms with Crippen LogP contribution in [0.4, 0.5) is 4.39 Å². The van der Waals surface area contributed by atoms with Crippen LogP contribution in [0.25, 0.3) is 0 Å². The Kier molecular flexibility index (Phi) is 4.86. The number of carbonyl (C=O) groups is 1. The molecule has 5 nitrogen and oxygen atoms in total. The second-order valence-corrected chi connectivity index (χ2v) is 5.51. The second-order valence-electron chi connectivity index (χ2n) is 5.51. The molecule has 0 aliphatic rings. The molecule has 25 heavy (non-hydrogen) atoms. The highest BCUT2D eigenvalue weighted by molar-refractivity contribution is 5.94. The maximum atomic E-state index is 13.2. The van der Waals surface area contributed by atoms with Gasteiger partial charge < -0.3 is 9.88 Å². The van der Waals surface area contributed by atoms with Crippen molar-refractivity contribution in [2.75, 3.05) is 0 Å². The molecule has 0 saturated heterocycles. The number of imidazole rings is 1. The largest absolute Gasteiger partial charge is 0.346 e. The van der Waals surface area contributed by atoms with Gasteiger partial charge in [0.15, 0.2) is 0 Å². The van der Waals surface area contributed by atoms with Crippen molar-refractivity contribution in [3.63, 3.8) is 0 Å². The lowest BCUT2D eigenvalue weighted by atomic mass is 10.1. The van der Waals surface area contributed by atoms with E-state index in [1.54, 1.807) is 30.7 Å². The van der Waals surface area contributed by atoms with Crippen molar-refractivity contribution < 1.29 is 9.18 Å². The molecule has 1 heterocycles. The fraction of sp³-hybridized carbons (Fsp3) is 0.105. The highest BCUT2D eigenvalue weighted by Crippen LogP contribution is 2.09. The van der Waals surface area contributed by atoms with E-state index < -0.39 is 5.82 Å². The van der Waals surface area contributed by atoms with E-state index in [1.807, 2.05) is 16.7 Å². The first-order valence-electron chi connectivity index (χ1n) is 7.67. The summed E-state index contributed by atoms with van der Waals surface area (Å²) in [5.74, 6) is -0.788. The summed E-state index contributed by atoms with van der Waals surface area (Å²) in [7, 11) is 0. The maximum Gasteiger partial charge on any atom is 0.251 e. The zero-order valence-corrected chi connectivity index (χ0v) is 13.3. The van der Waals surface area contributed by atoms with Gasteiger partial charge in [0.1, 0.15) is 5.82 Å². The van der Waals surface area contributed by atoms with Gasteiger partial charge in [-0.05, 0) is 35.9 Å². The fourth-order valence-corrected chi connectivity index (χ4v) is 2.42. The molecule has 0 aliphatic heterocycles. The smallest absolute Gasteiger partial charge is 0.251 e. The molecule has 0 radical (unpaired) electrons. The first kappa shape index (κ1) is 16.4. The molecule has 1 amide bonds. The van der Waals surface area contributed by atoms with Gasteiger partial charge in [-0.2, -0.15) is 5.26 Å². The minimum atomic E-state index is -0.446.